The average molecular weight is 519 g/mol. The van der Waals surface area contributed by atoms with E-state index in [9.17, 15) is 23.6 Å². The van der Waals surface area contributed by atoms with E-state index >= 15 is 0 Å². The normalized spacial score (nSPS) is 23.8. The molecule has 1 spiro atoms. The minimum atomic E-state index is -1.26. The number of fused-ring (bicyclic) bond motifs is 1. The lowest BCUT2D eigenvalue weighted by Crippen LogP contribution is -2.69. The minimum absolute atomic E-state index is 0.00929. The first-order valence-electron chi connectivity index (χ1n) is 12.2. The van der Waals surface area contributed by atoms with Crippen LogP contribution in [0, 0.1) is 5.92 Å². The van der Waals surface area contributed by atoms with Gasteiger partial charge in [0.15, 0.2) is 5.78 Å². The summed E-state index contributed by atoms with van der Waals surface area (Å²) in [6, 6.07) is 4.86. The topological polar surface area (TPSA) is 121 Å². The van der Waals surface area contributed by atoms with E-state index < -0.39 is 42.0 Å². The molecule has 1 aromatic heterocycles. The van der Waals surface area contributed by atoms with Crippen LogP contribution >= 0.6 is 11.6 Å². The molecule has 2 saturated heterocycles. The van der Waals surface area contributed by atoms with Gasteiger partial charge < -0.3 is 25.3 Å². The number of Topliss-reactive ketones (excluding diaryl/α,β-unsaturated/α-hetero) is 1. The quantitative estimate of drug-likeness (QED) is 0.518. The third-order valence-electron chi connectivity index (χ3n) is 7.60. The summed E-state index contributed by atoms with van der Waals surface area (Å²) in [7, 11) is 0. The van der Waals surface area contributed by atoms with Crippen molar-refractivity contribution in [2.24, 2.45) is 5.92 Å². The zero-order valence-electron chi connectivity index (χ0n) is 19.6. The van der Waals surface area contributed by atoms with Crippen LogP contribution in [-0.2, 0) is 19.1 Å². The van der Waals surface area contributed by atoms with Crippen molar-refractivity contribution < 1.29 is 28.3 Å². The Morgan fingerprint density at radius 2 is 2.11 bits per heavy atom. The molecule has 0 radical (unpaired) electrons. The monoisotopic (exact) mass is 518 g/mol. The van der Waals surface area contributed by atoms with Crippen LogP contribution < -0.4 is 10.6 Å². The number of H-pyrrole nitrogens is 1. The third-order valence-corrected chi connectivity index (χ3v) is 7.91. The summed E-state index contributed by atoms with van der Waals surface area (Å²) >= 11 is 6.27. The molecule has 11 heteroatoms. The van der Waals surface area contributed by atoms with Gasteiger partial charge in [-0.1, -0.05) is 23.7 Å². The van der Waals surface area contributed by atoms with E-state index in [1.807, 2.05) is 6.07 Å². The van der Waals surface area contributed by atoms with E-state index in [1.54, 1.807) is 18.2 Å². The van der Waals surface area contributed by atoms with E-state index in [0.717, 1.165) is 11.8 Å². The summed E-state index contributed by atoms with van der Waals surface area (Å²) in [6.07, 6.45) is 2.52. The maximum absolute atomic E-state index is 13.7. The fourth-order valence-corrected chi connectivity index (χ4v) is 5.77. The molecule has 1 aromatic carbocycles. The molecule has 3 aliphatic rings. The predicted octanol–water partition coefficient (Wildman–Crippen LogP) is 2.13. The van der Waals surface area contributed by atoms with Gasteiger partial charge in [-0.15, -0.1) is 0 Å². The molecule has 192 valence electrons. The maximum Gasteiger partial charge on any atom is 0.271 e. The molecule has 9 nitrogen and oxygen atoms in total. The number of hydrogen-bond donors (Lipinski definition) is 3. The second kappa shape index (κ2) is 9.82. The zero-order valence-corrected chi connectivity index (χ0v) is 20.4. The number of nitrogens with one attached hydrogen (secondary N) is 3. The van der Waals surface area contributed by atoms with Crippen LogP contribution in [-0.4, -0.2) is 77.4 Å². The van der Waals surface area contributed by atoms with Crippen LogP contribution in [0.1, 0.15) is 42.6 Å². The number of halogens is 2. The van der Waals surface area contributed by atoms with Gasteiger partial charge in [0.2, 0.25) is 11.8 Å². The highest BCUT2D eigenvalue weighted by atomic mass is 35.5. The molecule has 0 unspecified atom stereocenters. The van der Waals surface area contributed by atoms with Crippen LogP contribution in [0.5, 0.6) is 0 Å². The first-order valence-corrected chi connectivity index (χ1v) is 12.6. The van der Waals surface area contributed by atoms with Crippen molar-refractivity contribution in [3.05, 3.63) is 35.0 Å². The lowest BCUT2D eigenvalue weighted by Gasteiger charge is -2.53. The van der Waals surface area contributed by atoms with Crippen molar-refractivity contribution in [3.8, 4) is 0 Å². The Labute approximate surface area is 212 Å². The molecule has 36 heavy (non-hydrogen) atoms. The van der Waals surface area contributed by atoms with Crippen molar-refractivity contribution in [1.29, 1.82) is 0 Å². The number of carbonyl (C=O) groups excluding carboxylic acids is 4. The number of benzene rings is 1. The predicted molar refractivity (Wildman–Crippen MR) is 129 cm³/mol. The lowest BCUT2D eigenvalue weighted by atomic mass is 9.72. The fraction of sp³-hybridized carbons (Fsp3) is 0.520. The molecular weight excluding hydrogens is 491 g/mol. The number of nitrogens with zero attached hydrogens (tertiary/aromatic N) is 1. The summed E-state index contributed by atoms with van der Waals surface area (Å²) in [5, 5.41) is 6.60. The van der Waals surface area contributed by atoms with Crippen LogP contribution in [0.4, 0.5) is 4.39 Å². The van der Waals surface area contributed by atoms with Crippen molar-refractivity contribution in [1.82, 2.24) is 20.5 Å². The van der Waals surface area contributed by atoms with Gasteiger partial charge in [-0.2, -0.15) is 0 Å². The molecule has 3 N–H and O–H groups in total. The Kier molecular flexibility index (Phi) is 6.74. The van der Waals surface area contributed by atoms with E-state index in [-0.39, 0.29) is 37.1 Å². The second-order valence-electron chi connectivity index (χ2n) is 9.73. The van der Waals surface area contributed by atoms with E-state index in [2.05, 4.69) is 15.6 Å². The Hall–Kier alpha value is -2.98. The number of ketones is 1. The molecule has 3 amide bonds. The van der Waals surface area contributed by atoms with Gasteiger partial charge in [-0.05, 0) is 44.2 Å². The SMILES string of the molecule is O=C1NCC[C@H]1C[C@H](NC(=O)[C@@H]1N(C(=O)c2cc3cccc(Cl)c3[nH]2)CCOC12CCC2)C(=O)CF. The van der Waals surface area contributed by atoms with Crippen molar-refractivity contribution in [2.45, 2.75) is 49.8 Å². The number of alkyl halides is 1. The van der Waals surface area contributed by atoms with Gasteiger partial charge in [0.1, 0.15) is 18.4 Å². The zero-order chi connectivity index (χ0) is 25.4. The molecule has 1 aliphatic carbocycles. The smallest absolute Gasteiger partial charge is 0.271 e. The standard InChI is InChI=1S/C25H28ClFN4O5/c26-16-4-1-3-14-11-18(29-20(14)16)24(35)31-9-10-36-25(6-2-7-25)21(31)23(34)30-17(19(32)13-27)12-15-5-8-28-22(15)33/h1,3-4,11,15,17,21,29H,2,5-10,12-13H2,(H,28,33)(H,30,34)/t15-,17-,21-/m0/s1. The van der Waals surface area contributed by atoms with Gasteiger partial charge in [0.25, 0.3) is 5.91 Å². The first kappa shape index (κ1) is 24.7. The largest absolute Gasteiger partial charge is 0.370 e. The molecular formula is C25H28ClFN4O5. The molecule has 0 bridgehead atoms. The van der Waals surface area contributed by atoms with Gasteiger partial charge in [0, 0.05) is 24.4 Å². The Morgan fingerprint density at radius 1 is 1.31 bits per heavy atom. The number of hydrogen-bond acceptors (Lipinski definition) is 5. The third kappa shape index (κ3) is 4.37. The highest BCUT2D eigenvalue weighted by Crippen LogP contribution is 2.43. The fourth-order valence-electron chi connectivity index (χ4n) is 5.54. The summed E-state index contributed by atoms with van der Waals surface area (Å²) in [5.74, 6) is -2.47. The number of aromatic amines is 1. The Bertz CT molecular complexity index is 1210. The number of carbonyl (C=O) groups is 4. The second-order valence-corrected chi connectivity index (χ2v) is 10.1. The molecule has 2 aromatic rings. The van der Waals surface area contributed by atoms with Gasteiger partial charge >= 0.3 is 0 Å². The van der Waals surface area contributed by atoms with E-state index in [1.165, 1.54) is 4.90 Å². The van der Waals surface area contributed by atoms with Crippen LogP contribution in [0.2, 0.25) is 5.02 Å². The molecule has 3 fully saturated rings. The Balaban J connectivity index is 1.42. The molecule has 3 heterocycles. The first-order chi connectivity index (χ1) is 17.3. The number of rotatable bonds is 7. The van der Waals surface area contributed by atoms with Crippen molar-refractivity contribution >= 4 is 46.0 Å². The van der Waals surface area contributed by atoms with E-state index in [0.29, 0.717) is 36.3 Å². The van der Waals surface area contributed by atoms with E-state index in [4.69, 9.17) is 16.3 Å². The highest BCUT2D eigenvalue weighted by molar-refractivity contribution is 6.35. The van der Waals surface area contributed by atoms with Crippen molar-refractivity contribution in [3.63, 3.8) is 0 Å². The number of para-hydroxylation sites is 1. The average Bonchev–Trinajstić information content (AvgIpc) is 3.48. The summed E-state index contributed by atoms with van der Waals surface area (Å²) in [6.45, 7) is -0.339. The van der Waals surface area contributed by atoms with Crippen LogP contribution in [0.25, 0.3) is 10.9 Å². The molecule has 3 atom stereocenters. The van der Waals surface area contributed by atoms with Crippen LogP contribution in [0.3, 0.4) is 0 Å². The summed E-state index contributed by atoms with van der Waals surface area (Å²) < 4.78 is 19.4. The summed E-state index contributed by atoms with van der Waals surface area (Å²) in [4.78, 5) is 56.3. The van der Waals surface area contributed by atoms with Gasteiger partial charge in [-0.3, -0.25) is 19.2 Å². The maximum atomic E-state index is 13.7. The molecule has 1 saturated carbocycles. The van der Waals surface area contributed by atoms with Gasteiger partial charge in [0.05, 0.1) is 28.8 Å². The number of aromatic nitrogens is 1. The van der Waals surface area contributed by atoms with Crippen LogP contribution in [0.15, 0.2) is 24.3 Å². The summed E-state index contributed by atoms with van der Waals surface area (Å²) in [5.41, 5.74) is 0.0419. The van der Waals surface area contributed by atoms with Gasteiger partial charge in [-0.25, -0.2) is 4.39 Å². The molecule has 5 rings (SSSR count). The molecule has 2 aliphatic heterocycles. The number of amides is 3. The number of morpholine rings is 1. The lowest BCUT2D eigenvalue weighted by molar-refractivity contribution is -0.184. The Morgan fingerprint density at radius 3 is 2.75 bits per heavy atom. The highest BCUT2D eigenvalue weighted by Gasteiger charge is 2.55. The van der Waals surface area contributed by atoms with Crippen molar-refractivity contribution in [2.75, 3.05) is 26.4 Å². The minimum Gasteiger partial charge on any atom is -0.370 e. The number of ether oxygens (including phenoxy) is 1.